The molecule has 1 heterocycles. The first-order valence-corrected chi connectivity index (χ1v) is 6.00. The highest BCUT2D eigenvalue weighted by atomic mass is 79.9. The lowest BCUT2D eigenvalue weighted by atomic mass is 10.1. The number of benzene rings is 1. The average molecular weight is 303 g/mol. The van der Waals surface area contributed by atoms with Crippen LogP contribution < -0.4 is 0 Å². The minimum Gasteiger partial charge on any atom is -0.287 e. The highest BCUT2D eigenvalue weighted by molar-refractivity contribution is 9.10. The number of halogens is 3. The van der Waals surface area contributed by atoms with Crippen molar-refractivity contribution in [2.45, 2.75) is 0 Å². The largest absolute Gasteiger partial charge is 0.287 e. The molecule has 1 nitrogen and oxygen atoms in total. The zero-order chi connectivity index (χ0) is 11.7. The molecular weight excluding hydrogens is 298 g/mol. The lowest BCUT2D eigenvalue weighted by Crippen LogP contribution is -2.06. The van der Waals surface area contributed by atoms with Crippen LogP contribution in [0.3, 0.4) is 0 Å². The molecule has 0 spiro atoms. The second-order valence-electron chi connectivity index (χ2n) is 3.02. The van der Waals surface area contributed by atoms with Gasteiger partial charge in [0.15, 0.2) is 0 Å². The van der Waals surface area contributed by atoms with E-state index < -0.39 is 23.0 Å². The smallest absolute Gasteiger partial charge is 0.210 e. The predicted molar refractivity (Wildman–Crippen MR) is 61.8 cm³/mol. The Morgan fingerprint density at radius 3 is 2.31 bits per heavy atom. The van der Waals surface area contributed by atoms with E-state index in [0.717, 1.165) is 23.5 Å². The van der Waals surface area contributed by atoms with Gasteiger partial charge in [0.25, 0.3) is 0 Å². The van der Waals surface area contributed by atoms with Crippen molar-refractivity contribution in [3.8, 4) is 0 Å². The third-order valence-electron chi connectivity index (χ3n) is 2.01. The van der Waals surface area contributed by atoms with E-state index in [1.54, 1.807) is 11.4 Å². The predicted octanol–water partition coefficient (Wildman–Crippen LogP) is 4.02. The SMILES string of the molecule is O=C(c1sccc1Br)c1c(F)cccc1F. The Labute approximate surface area is 103 Å². The number of carbonyl (C=O) groups excluding carboxylic acids is 1. The van der Waals surface area contributed by atoms with Gasteiger partial charge in [-0.3, -0.25) is 4.79 Å². The standard InChI is InChI=1S/C11H5BrF2OS/c12-6-4-5-16-11(6)10(15)9-7(13)2-1-3-8(9)14/h1-5H. The van der Waals surface area contributed by atoms with Gasteiger partial charge < -0.3 is 0 Å². The van der Waals surface area contributed by atoms with E-state index in [1.807, 2.05) is 0 Å². The molecule has 0 saturated heterocycles. The van der Waals surface area contributed by atoms with Gasteiger partial charge in [-0.2, -0.15) is 0 Å². The molecular formula is C11H5BrF2OS. The minimum absolute atomic E-state index is 0.295. The van der Waals surface area contributed by atoms with Crippen LogP contribution in [0.4, 0.5) is 8.78 Å². The molecule has 1 aromatic heterocycles. The van der Waals surface area contributed by atoms with Crippen molar-refractivity contribution in [1.29, 1.82) is 0 Å². The van der Waals surface area contributed by atoms with Gasteiger partial charge in [0.05, 0.1) is 10.4 Å². The zero-order valence-corrected chi connectivity index (χ0v) is 10.2. The number of hydrogen-bond acceptors (Lipinski definition) is 2. The van der Waals surface area contributed by atoms with Gasteiger partial charge in [0, 0.05) is 4.47 Å². The van der Waals surface area contributed by atoms with Gasteiger partial charge >= 0.3 is 0 Å². The average Bonchev–Trinajstić information content (AvgIpc) is 2.64. The molecule has 5 heteroatoms. The van der Waals surface area contributed by atoms with Crippen LogP contribution in [0, 0.1) is 11.6 Å². The van der Waals surface area contributed by atoms with Crippen LogP contribution in [-0.2, 0) is 0 Å². The van der Waals surface area contributed by atoms with E-state index in [4.69, 9.17) is 0 Å². The molecule has 0 bridgehead atoms. The summed E-state index contributed by atoms with van der Waals surface area (Å²) in [5.74, 6) is -2.33. The van der Waals surface area contributed by atoms with Crippen molar-refractivity contribution in [2.75, 3.05) is 0 Å². The van der Waals surface area contributed by atoms with E-state index >= 15 is 0 Å². The number of carbonyl (C=O) groups is 1. The van der Waals surface area contributed by atoms with Gasteiger partial charge in [0.1, 0.15) is 11.6 Å². The van der Waals surface area contributed by atoms with E-state index in [1.165, 1.54) is 6.07 Å². The van der Waals surface area contributed by atoms with Crippen LogP contribution in [0.1, 0.15) is 15.2 Å². The summed E-state index contributed by atoms with van der Waals surface area (Å²) in [6.45, 7) is 0. The lowest BCUT2D eigenvalue weighted by Gasteiger charge is -2.02. The Morgan fingerprint density at radius 1 is 1.19 bits per heavy atom. The summed E-state index contributed by atoms with van der Waals surface area (Å²) < 4.78 is 27.3. The van der Waals surface area contributed by atoms with E-state index in [-0.39, 0.29) is 0 Å². The number of ketones is 1. The van der Waals surface area contributed by atoms with Crippen LogP contribution in [0.25, 0.3) is 0 Å². The lowest BCUT2D eigenvalue weighted by molar-refractivity contribution is 0.103. The molecule has 0 fully saturated rings. The number of thiophene rings is 1. The van der Waals surface area contributed by atoms with Gasteiger partial charge in [0.2, 0.25) is 5.78 Å². The molecule has 0 saturated carbocycles. The molecule has 0 N–H and O–H groups in total. The Morgan fingerprint density at radius 2 is 1.81 bits per heavy atom. The van der Waals surface area contributed by atoms with Crippen molar-refractivity contribution in [1.82, 2.24) is 0 Å². The van der Waals surface area contributed by atoms with Gasteiger partial charge in [-0.15, -0.1) is 11.3 Å². The van der Waals surface area contributed by atoms with Crippen molar-refractivity contribution in [3.63, 3.8) is 0 Å². The summed E-state index contributed by atoms with van der Waals surface area (Å²) in [6.07, 6.45) is 0. The number of rotatable bonds is 2. The minimum atomic E-state index is -0.842. The molecule has 1 aromatic carbocycles. The van der Waals surface area contributed by atoms with E-state index in [0.29, 0.717) is 9.35 Å². The molecule has 0 aliphatic carbocycles. The molecule has 0 unspecified atom stereocenters. The molecule has 82 valence electrons. The first-order valence-electron chi connectivity index (χ1n) is 4.33. The summed E-state index contributed by atoms with van der Waals surface area (Å²) in [6, 6.07) is 5.03. The molecule has 2 rings (SSSR count). The fourth-order valence-electron chi connectivity index (χ4n) is 1.28. The summed E-state index contributed by atoms with van der Waals surface area (Å²) in [7, 11) is 0. The monoisotopic (exact) mass is 302 g/mol. The molecule has 0 atom stereocenters. The molecule has 0 aliphatic heterocycles. The van der Waals surface area contributed by atoms with Crippen molar-refractivity contribution >= 4 is 33.0 Å². The third kappa shape index (κ3) is 1.92. The second-order valence-corrected chi connectivity index (χ2v) is 4.79. The van der Waals surface area contributed by atoms with Crippen LogP contribution >= 0.6 is 27.3 Å². The topological polar surface area (TPSA) is 17.1 Å². The fourth-order valence-corrected chi connectivity index (χ4v) is 2.78. The van der Waals surface area contributed by atoms with Crippen LogP contribution in [0.2, 0.25) is 0 Å². The van der Waals surface area contributed by atoms with Crippen molar-refractivity contribution in [3.05, 3.63) is 56.2 Å². The van der Waals surface area contributed by atoms with Crippen molar-refractivity contribution < 1.29 is 13.6 Å². The summed E-state index contributed by atoms with van der Waals surface area (Å²) in [4.78, 5) is 12.2. The first kappa shape index (κ1) is 11.4. The zero-order valence-electron chi connectivity index (χ0n) is 7.84. The normalized spacial score (nSPS) is 10.4. The second kappa shape index (κ2) is 4.43. The molecule has 0 aliphatic rings. The van der Waals surface area contributed by atoms with Gasteiger partial charge in [-0.1, -0.05) is 6.07 Å². The number of hydrogen-bond donors (Lipinski definition) is 0. The van der Waals surface area contributed by atoms with Crippen LogP contribution in [-0.4, -0.2) is 5.78 Å². The van der Waals surface area contributed by atoms with Crippen LogP contribution in [0.5, 0.6) is 0 Å². The quantitative estimate of drug-likeness (QED) is 0.766. The van der Waals surface area contributed by atoms with Crippen LogP contribution in [0.15, 0.2) is 34.1 Å². The maximum atomic E-state index is 13.4. The summed E-state index contributed by atoms with van der Waals surface area (Å²) in [5, 5.41) is 1.68. The molecule has 0 radical (unpaired) electrons. The molecule has 0 amide bonds. The first-order chi connectivity index (χ1) is 7.61. The van der Waals surface area contributed by atoms with Gasteiger partial charge in [-0.05, 0) is 39.5 Å². The highest BCUT2D eigenvalue weighted by Gasteiger charge is 2.21. The summed E-state index contributed by atoms with van der Waals surface area (Å²) >= 11 is 4.30. The fraction of sp³-hybridized carbons (Fsp3) is 0. The van der Waals surface area contributed by atoms with E-state index in [2.05, 4.69) is 15.9 Å². The Kier molecular flexibility index (Phi) is 3.16. The Hall–Kier alpha value is -1.07. The Balaban J connectivity index is 2.54. The summed E-state index contributed by atoms with van der Waals surface area (Å²) in [5.41, 5.74) is -0.509. The maximum Gasteiger partial charge on any atom is 0.210 e. The van der Waals surface area contributed by atoms with Gasteiger partial charge in [-0.25, -0.2) is 8.78 Å². The highest BCUT2D eigenvalue weighted by Crippen LogP contribution is 2.27. The molecule has 2 aromatic rings. The van der Waals surface area contributed by atoms with E-state index in [9.17, 15) is 13.6 Å². The third-order valence-corrected chi connectivity index (χ3v) is 3.85. The molecule has 16 heavy (non-hydrogen) atoms. The van der Waals surface area contributed by atoms with Crippen molar-refractivity contribution in [2.24, 2.45) is 0 Å². The maximum absolute atomic E-state index is 13.4. The Bertz CT molecular complexity index is 530.